The summed E-state index contributed by atoms with van der Waals surface area (Å²) < 4.78 is 6.37. The summed E-state index contributed by atoms with van der Waals surface area (Å²) in [4.78, 5) is 0. The lowest BCUT2D eigenvalue weighted by atomic mass is 9.80. The molecule has 0 aliphatic heterocycles. The van der Waals surface area contributed by atoms with Crippen molar-refractivity contribution in [2.24, 2.45) is 0 Å². The van der Waals surface area contributed by atoms with Crippen molar-refractivity contribution < 1.29 is 4.42 Å². The average Bonchev–Trinajstić information content (AvgIpc) is 3.66. The van der Waals surface area contributed by atoms with E-state index in [1.165, 1.54) is 98.7 Å². The van der Waals surface area contributed by atoms with Gasteiger partial charge in [0.2, 0.25) is 0 Å². The van der Waals surface area contributed by atoms with Gasteiger partial charge in [-0.05, 0) is 112 Å². The molecule has 0 radical (unpaired) electrons. The summed E-state index contributed by atoms with van der Waals surface area (Å²) in [6.07, 6.45) is 0. The maximum absolute atomic E-state index is 6.37. The van der Waals surface area contributed by atoms with Crippen LogP contribution in [0.2, 0.25) is 0 Å². The van der Waals surface area contributed by atoms with Gasteiger partial charge < -0.3 is 4.42 Å². The van der Waals surface area contributed by atoms with Gasteiger partial charge in [0.1, 0.15) is 11.2 Å². The Morgan fingerprint density at radius 1 is 0.380 bits per heavy atom. The molecule has 1 aliphatic rings. The third-order valence-corrected chi connectivity index (χ3v) is 11.5. The highest BCUT2D eigenvalue weighted by molar-refractivity contribution is 6.29. The van der Waals surface area contributed by atoms with Crippen molar-refractivity contribution in [1.82, 2.24) is 0 Å². The molecule has 1 heteroatoms. The fraction of sp³-hybridized carbons (Fsp3) is 0.0612. The molecule has 9 aromatic carbocycles. The second-order valence-electron chi connectivity index (χ2n) is 14.4. The summed E-state index contributed by atoms with van der Waals surface area (Å²) in [5.74, 6) is 0. The Balaban J connectivity index is 1.19. The van der Waals surface area contributed by atoms with Crippen molar-refractivity contribution in [2.75, 3.05) is 0 Å². The van der Waals surface area contributed by atoms with Crippen molar-refractivity contribution >= 4 is 54.3 Å². The number of rotatable bonds is 3. The van der Waals surface area contributed by atoms with Gasteiger partial charge in [0.15, 0.2) is 0 Å². The number of benzene rings is 9. The highest BCUT2D eigenvalue weighted by atomic mass is 16.3. The first kappa shape index (κ1) is 27.7. The zero-order valence-electron chi connectivity index (χ0n) is 27.9. The predicted octanol–water partition coefficient (Wildman–Crippen LogP) is 13.8. The summed E-state index contributed by atoms with van der Waals surface area (Å²) in [5, 5.41) is 9.88. The Morgan fingerprint density at radius 2 is 0.960 bits per heavy atom. The average molecular weight is 637 g/mol. The van der Waals surface area contributed by atoms with Crippen LogP contribution < -0.4 is 0 Å². The number of furan rings is 1. The van der Waals surface area contributed by atoms with Crippen molar-refractivity contribution in [1.29, 1.82) is 0 Å². The molecule has 1 nitrogen and oxygen atoms in total. The van der Waals surface area contributed by atoms with Crippen LogP contribution in [0.4, 0.5) is 0 Å². The molecule has 0 saturated carbocycles. The smallest absolute Gasteiger partial charge is 0.136 e. The van der Waals surface area contributed by atoms with E-state index in [-0.39, 0.29) is 5.41 Å². The molecule has 1 aliphatic carbocycles. The second kappa shape index (κ2) is 9.94. The second-order valence-corrected chi connectivity index (χ2v) is 14.4. The molecule has 1 heterocycles. The first-order chi connectivity index (χ1) is 24.6. The highest BCUT2D eigenvalue weighted by Gasteiger charge is 2.35. The lowest BCUT2D eigenvalue weighted by molar-refractivity contribution is 0.660. The summed E-state index contributed by atoms with van der Waals surface area (Å²) in [6, 6.07) is 58.3. The van der Waals surface area contributed by atoms with E-state index >= 15 is 0 Å². The van der Waals surface area contributed by atoms with Gasteiger partial charge >= 0.3 is 0 Å². The number of hydrogen-bond donors (Lipinski definition) is 0. The van der Waals surface area contributed by atoms with Crippen LogP contribution in [-0.2, 0) is 5.41 Å². The largest absolute Gasteiger partial charge is 0.456 e. The molecule has 50 heavy (non-hydrogen) atoms. The van der Waals surface area contributed by atoms with E-state index < -0.39 is 0 Å². The van der Waals surface area contributed by atoms with Gasteiger partial charge in [0.25, 0.3) is 0 Å². The monoisotopic (exact) mass is 636 g/mol. The normalized spacial score (nSPS) is 13.6. The first-order valence-corrected chi connectivity index (χ1v) is 17.5. The van der Waals surface area contributed by atoms with E-state index in [9.17, 15) is 0 Å². The quantitative estimate of drug-likeness (QED) is 0.139. The van der Waals surface area contributed by atoms with E-state index in [0.717, 1.165) is 11.2 Å². The highest BCUT2D eigenvalue weighted by Crippen LogP contribution is 2.52. The summed E-state index contributed by atoms with van der Waals surface area (Å²) in [5.41, 5.74) is 14.9. The minimum Gasteiger partial charge on any atom is -0.456 e. The Bertz CT molecular complexity index is 2950. The van der Waals surface area contributed by atoms with Crippen LogP contribution in [0.25, 0.3) is 98.8 Å². The zero-order valence-corrected chi connectivity index (χ0v) is 27.9. The summed E-state index contributed by atoms with van der Waals surface area (Å²) >= 11 is 0. The maximum atomic E-state index is 6.37. The molecular formula is C49H32O. The van der Waals surface area contributed by atoms with Crippen LogP contribution >= 0.6 is 0 Å². The molecule has 0 spiro atoms. The molecule has 0 bridgehead atoms. The van der Waals surface area contributed by atoms with Crippen LogP contribution in [0.15, 0.2) is 162 Å². The molecule has 1 aromatic heterocycles. The lowest BCUT2D eigenvalue weighted by Crippen LogP contribution is -2.14. The van der Waals surface area contributed by atoms with Crippen molar-refractivity contribution in [3.8, 4) is 44.5 Å². The van der Waals surface area contributed by atoms with Gasteiger partial charge in [0, 0.05) is 16.2 Å². The Hall–Kier alpha value is -6.18. The minimum atomic E-state index is -0.0607. The molecule has 0 saturated heterocycles. The van der Waals surface area contributed by atoms with Crippen LogP contribution in [0, 0.1) is 0 Å². The van der Waals surface area contributed by atoms with Crippen LogP contribution in [-0.4, -0.2) is 0 Å². The Labute approximate surface area is 290 Å². The van der Waals surface area contributed by atoms with Crippen molar-refractivity contribution in [2.45, 2.75) is 19.3 Å². The number of hydrogen-bond acceptors (Lipinski definition) is 1. The molecule has 0 amide bonds. The van der Waals surface area contributed by atoms with Gasteiger partial charge in [-0.3, -0.25) is 0 Å². The van der Waals surface area contributed by atoms with E-state index in [1.54, 1.807) is 0 Å². The minimum absolute atomic E-state index is 0.0607. The van der Waals surface area contributed by atoms with Gasteiger partial charge in [0.05, 0.1) is 0 Å². The zero-order chi connectivity index (χ0) is 33.1. The van der Waals surface area contributed by atoms with E-state index in [1.807, 2.05) is 0 Å². The van der Waals surface area contributed by atoms with Gasteiger partial charge in [-0.2, -0.15) is 0 Å². The van der Waals surface area contributed by atoms with Gasteiger partial charge in [-0.15, -0.1) is 0 Å². The van der Waals surface area contributed by atoms with Crippen molar-refractivity contribution in [3.05, 3.63) is 169 Å². The van der Waals surface area contributed by atoms with Gasteiger partial charge in [-0.25, -0.2) is 0 Å². The molecule has 0 unspecified atom stereocenters. The molecular weight excluding hydrogens is 605 g/mol. The fourth-order valence-corrected chi connectivity index (χ4v) is 9.20. The maximum Gasteiger partial charge on any atom is 0.136 e. The third kappa shape index (κ3) is 3.62. The standard InChI is InChI=1S/C49H32O/c1-49(2)41-20-10-9-14-32(41)33-24-23-30(28-42(33)49)31-13-3-4-15-34(31)46-35-16-5-7-18-37(35)47(38-19-8-6-17-36(38)46)39-26-27-44-48-40(39)25-22-29-12-11-21-43(50-44)45(29)48/h3-28H,1-2H3. The van der Waals surface area contributed by atoms with Crippen LogP contribution in [0.3, 0.4) is 0 Å². The number of fused-ring (bicyclic) bond motifs is 5. The van der Waals surface area contributed by atoms with E-state index in [0.29, 0.717) is 0 Å². The van der Waals surface area contributed by atoms with E-state index in [4.69, 9.17) is 4.42 Å². The molecule has 0 N–H and O–H groups in total. The van der Waals surface area contributed by atoms with E-state index in [2.05, 4.69) is 172 Å². The van der Waals surface area contributed by atoms with Gasteiger partial charge in [-0.1, -0.05) is 147 Å². The molecule has 10 aromatic rings. The van der Waals surface area contributed by atoms with Crippen LogP contribution in [0.1, 0.15) is 25.0 Å². The van der Waals surface area contributed by atoms with Crippen molar-refractivity contribution in [3.63, 3.8) is 0 Å². The third-order valence-electron chi connectivity index (χ3n) is 11.5. The molecule has 234 valence electrons. The summed E-state index contributed by atoms with van der Waals surface area (Å²) in [6.45, 7) is 4.72. The lowest BCUT2D eigenvalue weighted by Gasteiger charge is -2.23. The Morgan fingerprint density at radius 3 is 1.70 bits per heavy atom. The SMILES string of the molecule is CC1(C)c2ccccc2-c2ccc(-c3ccccc3-c3c4ccccc4c(-c4ccc5oc6cccc7ccc4c5c76)c4ccccc34)cc21. The molecule has 0 atom stereocenters. The van der Waals surface area contributed by atoms with Crippen LogP contribution in [0.5, 0.6) is 0 Å². The molecule has 11 rings (SSSR count). The fourth-order valence-electron chi connectivity index (χ4n) is 9.20. The Kier molecular flexibility index (Phi) is 5.51. The topological polar surface area (TPSA) is 13.1 Å². The summed E-state index contributed by atoms with van der Waals surface area (Å²) in [7, 11) is 0. The molecule has 0 fully saturated rings. The first-order valence-electron chi connectivity index (χ1n) is 17.5. The predicted molar refractivity (Wildman–Crippen MR) is 211 cm³/mol.